The van der Waals surface area contributed by atoms with E-state index in [1.165, 1.54) is 12.1 Å². The highest BCUT2D eigenvalue weighted by Gasteiger charge is 2.31. The predicted octanol–water partition coefficient (Wildman–Crippen LogP) is 3.25. The maximum Gasteiger partial charge on any atom is 0.251 e. The number of carbonyl (C=O) groups is 1. The van der Waals surface area contributed by atoms with E-state index in [9.17, 15) is 9.18 Å². The van der Waals surface area contributed by atoms with Crippen molar-refractivity contribution in [1.82, 2.24) is 0 Å². The van der Waals surface area contributed by atoms with Gasteiger partial charge in [0.1, 0.15) is 17.6 Å². The van der Waals surface area contributed by atoms with Gasteiger partial charge in [-0.15, -0.1) is 0 Å². The van der Waals surface area contributed by atoms with Gasteiger partial charge in [0.25, 0.3) is 5.91 Å². The van der Waals surface area contributed by atoms with E-state index in [2.05, 4.69) is 10.6 Å². The average Bonchev–Trinajstić information content (AvgIpc) is 2.74. The Morgan fingerprint density at radius 2 is 2.05 bits per heavy atom. The first-order valence-electron chi connectivity index (χ1n) is 6.60. The number of hydrogen-bond acceptors (Lipinski definition) is 3. The molecule has 2 aromatic carbocycles. The highest BCUT2D eigenvalue weighted by Crippen LogP contribution is 2.36. The van der Waals surface area contributed by atoms with Crippen molar-refractivity contribution in [2.75, 3.05) is 17.7 Å². The molecule has 0 fully saturated rings. The monoisotopic (exact) mass is 286 g/mol. The SMILES string of the molecule is COc1ccc(C)cc1NC1C(=O)Nc2cc(F)ccc21. The maximum atomic E-state index is 13.2. The number of fused-ring (bicyclic) bond motifs is 1. The fourth-order valence-electron chi connectivity index (χ4n) is 2.47. The Kier molecular flexibility index (Phi) is 3.25. The zero-order chi connectivity index (χ0) is 15.0. The number of amides is 1. The van der Waals surface area contributed by atoms with Crippen molar-refractivity contribution in [1.29, 1.82) is 0 Å². The number of ether oxygens (including phenoxy) is 1. The largest absolute Gasteiger partial charge is 0.495 e. The minimum Gasteiger partial charge on any atom is -0.495 e. The number of carbonyl (C=O) groups excluding carboxylic acids is 1. The summed E-state index contributed by atoms with van der Waals surface area (Å²) < 4.78 is 18.5. The quantitative estimate of drug-likeness (QED) is 0.910. The lowest BCUT2D eigenvalue weighted by atomic mass is 10.1. The van der Waals surface area contributed by atoms with Crippen molar-refractivity contribution in [3.63, 3.8) is 0 Å². The van der Waals surface area contributed by atoms with Crippen LogP contribution in [-0.4, -0.2) is 13.0 Å². The Morgan fingerprint density at radius 3 is 2.81 bits per heavy atom. The lowest BCUT2D eigenvalue weighted by Crippen LogP contribution is -2.20. The topological polar surface area (TPSA) is 50.4 Å². The Hall–Kier alpha value is -2.56. The summed E-state index contributed by atoms with van der Waals surface area (Å²) >= 11 is 0. The lowest BCUT2D eigenvalue weighted by molar-refractivity contribution is -0.116. The number of aryl methyl sites for hydroxylation is 1. The first kappa shape index (κ1) is 13.4. The first-order valence-corrected chi connectivity index (χ1v) is 6.60. The molecule has 0 aliphatic carbocycles. The van der Waals surface area contributed by atoms with Crippen LogP contribution in [-0.2, 0) is 4.79 Å². The van der Waals surface area contributed by atoms with Gasteiger partial charge in [-0.2, -0.15) is 0 Å². The zero-order valence-electron chi connectivity index (χ0n) is 11.7. The standard InChI is InChI=1S/C16H15FN2O2/c1-9-3-6-14(21-2)13(7-9)18-15-11-5-4-10(17)8-12(11)19-16(15)20/h3-8,15,18H,1-2H3,(H,19,20). The third-order valence-electron chi connectivity index (χ3n) is 3.50. The van der Waals surface area contributed by atoms with Crippen molar-refractivity contribution < 1.29 is 13.9 Å². The molecule has 1 unspecified atom stereocenters. The summed E-state index contributed by atoms with van der Waals surface area (Å²) in [5.74, 6) is 0.0750. The smallest absolute Gasteiger partial charge is 0.251 e. The molecule has 5 heteroatoms. The fourth-order valence-corrected chi connectivity index (χ4v) is 2.47. The van der Waals surface area contributed by atoms with Gasteiger partial charge in [0, 0.05) is 11.3 Å². The Bertz CT molecular complexity index is 715. The number of nitrogens with one attached hydrogen (secondary N) is 2. The van der Waals surface area contributed by atoms with Crippen molar-refractivity contribution in [3.05, 3.63) is 53.3 Å². The summed E-state index contributed by atoms with van der Waals surface area (Å²) in [6, 6.07) is 9.41. The van der Waals surface area contributed by atoms with Crippen LogP contribution in [0.25, 0.3) is 0 Å². The fraction of sp³-hybridized carbons (Fsp3) is 0.188. The molecule has 1 amide bonds. The number of hydrogen-bond donors (Lipinski definition) is 2. The summed E-state index contributed by atoms with van der Waals surface area (Å²) in [4.78, 5) is 12.1. The third-order valence-corrected chi connectivity index (χ3v) is 3.50. The van der Waals surface area contributed by atoms with Gasteiger partial charge >= 0.3 is 0 Å². The molecule has 0 aromatic heterocycles. The molecule has 1 heterocycles. The van der Waals surface area contributed by atoms with E-state index in [0.717, 1.165) is 16.8 Å². The molecule has 0 saturated carbocycles. The van der Waals surface area contributed by atoms with Crippen LogP contribution in [0.1, 0.15) is 17.2 Å². The van der Waals surface area contributed by atoms with Gasteiger partial charge in [-0.3, -0.25) is 4.79 Å². The summed E-state index contributed by atoms with van der Waals surface area (Å²) in [5.41, 5.74) is 3.01. The summed E-state index contributed by atoms with van der Waals surface area (Å²) in [7, 11) is 1.58. The minimum absolute atomic E-state index is 0.209. The van der Waals surface area contributed by atoms with Crippen LogP contribution in [0.5, 0.6) is 5.75 Å². The van der Waals surface area contributed by atoms with E-state index in [0.29, 0.717) is 11.4 Å². The molecule has 2 aromatic rings. The van der Waals surface area contributed by atoms with E-state index in [4.69, 9.17) is 4.74 Å². The Balaban J connectivity index is 1.96. The molecule has 4 nitrogen and oxygen atoms in total. The second-order valence-corrected chi connectivity index (χ2v) is 5.00. The van der Waals surface area contributed by atoms with E-state index in [1.54, 1.807) is 13.2 Å². The highest BCUT2D eigenvalue weighted by molar-refractivity contribution is 6.04. The molecular weight excluding hydrogens is 271 g/mol. The van der Waals surface area contributed by atoms with Gasteiger partial charge in [0.05, 0.1) is 12.8 Å². The van der Waals surface area contributed by atoms with Crippen molar-refractivity contribution in [2.45, 2.75) is 13.0 Å². The molecule has 108 valence electrons. The summed E-state index contributed by atoms with van der Waals surface area (Å²) in [5, 5.41) is 5.85. The first-order chi connectivity index (χ1) is 10.1. The van der Waals surface area contributed by atoms with Gasteiger partial charge in [-0.1, -0.05) is 12.1 Å². The van der Waals surface area contributed by atoms with Gasteiger partial charge in [0.15, 0.2) is 0 Å². The second-order valence-electron chi connectivity index (χ2n) is 5.00. The zero-order valence-corrected chi connectivity index (χ0v) is 11.7. The van der Waals surface area contributed by atoms with Crippen LogP contribution in [0.15, 0.2) is 36.4 Å². The number of halogens is 1. The lowest BCUT2D eigenvalue weighted by Gasteiger charge is -2.16. The number of benzene rings is 2. The maximum absolute atomic E-state index is 13.2. The predicted molar refractivity (Wildman–Crippen MR) is 79.1 cm³/mol. The molecule has 1 aliphatic rings. The normalized spacial score (nSPS) is 16.3. The van der Waals surface area contributed by atoms with Gasteiger partial charge in [-0.05, 0) is 36.8 Å². The Morgan fingerprint density at radius 1 is 1.24 bits per heavy atom. The molecule has 0 spiro atoms. The highest BCUT2D eigenvalue weighted by atomic mass is 19.1. The van der Waals surface area contributed by atoms with Crippen LogP contribution in [0.2, 0.25) is 0 Å². The summed E-state index contributed by atoms with van der Waals surface area (Å²) in [6.07, 6.45) is 0. The molecule has 0 bridgehead atoms. The molecule has 2 N–H and O–H groups in total. The van der Waals surface area contributed by atoms with Crippen LogP contribution >= 0.6 is 0 Å². The molecule has 0 saturated heterocycles. The van der Waals surface area contributed by atoms with Crippen LogP contribution in [0, 0.1) is 12.7 Å². The van der Waals surface area contributed by atoms with Gasteiger partial charge in [-0.25, -0.2) is 4.39 Å². The van der Waals surface area contributed by atoms with Crippen LogP contribution in [0.3, 0.4) is 0 Å². The molecule has 1 aliphatic heterocycles. The van der Waals surface area contributed by atoms with Crippen molar-refractivity contribution >= 4 is 17.3 Å². The summed E-state index contributed by atoms with van der Waals surface area (Å²) in [6.45, 7) is 1.96. The Labute approximate surface area is 121 Å². The van der Waals surface area contributed by atoms with Crippen LogP contribution in [0.4, 0.5) is 15.8 Å². The molecular formula is C16H15FN2O2. The number of rotatable bonds is 3. The third kappa shape index (κ3) is 2.42. The van der Waals surface area contributed by atoms with E-state index >= 15 is 0 Å². The molecule has 3 rings (SSSR count). The molecule has 21 heavy (non-hydrogen) atoms. The molecule has 0 radical (unpaired) electrons. The average molecular weight is 286 g/mol. The minimum atomic E-state index is -0.559. The van der Waals surface area contributed by atoms with E-state index < -0.39 is 6.04 Å². The molecule has 1 atom stereocenters. The number of anilines is 2. The van der Waals surface area contributed by atoms with E-state index in [1.807, 2.05) is 25.1 Å². The van der Waals surface area contributed by atoms with Crippen LogP contribution < -0.4 is 15.4 Å². The number of methoxy groups -OCH3 is 1. The van der Waals surface area contributed by atoms with Crippen molar-refractivity contribution in [3.8, 4) is 5.75 Å². The van der Waals surface area contributed by atoms with Crippen molar-refractivity contribution in [2.24, 2.45) is 0 Å². The van der Waals surface area contributed by atoms with Gasteiger partial charge in [0.2, 0.25) is 0 Å². The van der Waals surface area contributed by atoms with Gasteiger partial charge < -0.3 is 15.4 Å². The second kappa shape index (κ2) is 5.09. The van der Waals surface area contributed by atoms with E-state index in [-0.39, 0.29) is 11.7 Å².